The maximum atomic E-state index is 12.3. The Morgan fingerprint density at radius 1 is 1.30 bits per heavy atom. The van der Waals surface area contributed by atoms with Gasteiger partial charge in [-0.1, -0.05) is 30.3 Å². The van der Waals surface area contributed by atoms with Crippen LogP contribution >= 0.6 is 0 Å². The molecular formula is C16H22N2O5. The molecule has 0 saturated carbocycles. The lowest BCUT2D eigenvalue weighted by Crippen LogP contribution is -2.42. The van der Waals surface area contributed by atoms with Crippen molar-refractivity contribution in [1.82, 2.24) is 5.06 Å². The van der Waals surface area contributed by atoms with Crippen LogP contribution in [0.1, 0.15) is 18.9 Å². The number of carbonyl (C=O) groups is 2. The largest absolute Gasteiger partial charge is 0.299 e. The van der Waals surface area contributed by atoms with Crippen molar-refractivity contribution in [3.05, 3.63) is 46.0 Å². The summed E-state index contributed by atoms with van der Waals surface area (Å²) in [6.07, 6.45) is 0.936. The van der Waals surface area contributed by atoms with Crippen LogP contribution in [-0.4, -0.2) is 42.4 Å². The first-order valence-electron chi connectivity index (χ1n) is 7.34. The van der Waals surface area contributed by atoms with Crippen molar-refractivity contribution in [3.63, 3.8) is 0 Å². The SMILES string of the molecule is CON(C)C(=O)[C@H](C(C)=O)[C@H](CCc1ccccc1)C[N+](=O)[O-]. The van der Waals surface area contributed by atoms with Crippen LogP contribution in [-0.2, 0) is 20.8 Å². The molecule has 1 amide bonds. The van der Waals surface area contributed by atoms with E-state index in [9.17, 15) is 19.7 Å². The van der Waals surface area contributed by atoms with E-state index in [-0.39, 0.29) is 5.78 Å². The molecule has 0 fully saturated rings. The number of nitro groups is 1. The summed E-state index contributed by atoms with van der Waals surface area (Å²) >= 11 is 0. The molecule has 0 saturated heterocycles. The van der Waals surface area contributed by atoms with Gasteiger partial charge in [0.05, 0.1) is 7.11 Å². The minimum atomic E-state index is -1.07. The summed E-state index contributed by atoms with van der Waals surface area (Å²) in [6.45, 7) is 0.849. The van der Waals surface area contributed by atoms with E-state index in [0.717, 1.165) is 10.6 Å². The van der Waals surface area contributed by atoms with Crippen LogP contribution in [0.4, 0.5) is 0 Å². The van der Waals surface area contributed by atoms with Gasteiger partial charge >= 0.3 is 0 Å². The van der Waals surface area contributed by atoms with Gasteiger partial charge in [-0.15, -0.1) is 0 Å². The Morgan fingerprint density at radius 3 is 2.39 bits per heavy atom. The molecule has 0 aliphatic carbocycles. The van der Waals surface area contributed by atoms with Gasteiger partial charge < -0.3 is 0 Å². The van der Waals surface area contributed by atoms with E-state index in [1.54, 1.807) is 0 Å². The first-order chi connectivity index (χ1) is 10.9. The predicted molar refractivity (Wildman–Crippen MR) is 84.1 cm³/mol. The summed E-state index contributed by atoms with van der Waals surface area (Å²) in [5, 5.41) is 11.9. The topological polar surface area (TPSA) is 89.8 Å². The summed E-state index contributed by atoms with van der Waals surface area (Å²) < 4.78 is 0. The average molecular weight is 322 g/mol. The molecule has 7 heteroatoms. The van der Waals surface area contributed by atoms with Crippen LogP contribution in [0.2, 0.25) is 0 Å². The van der Waals surface area contributed by atoms with Crippen molar-refractivity contribution in [2.45, 2.75) is 19.8 Å². The summed E-state index contributed by atoms with van der Waals surface area (Å²) in [5.41, 5.74) is 1.01. The molecule has 126 valence electrons. The number of hydrogen-bond donors (Lipinski definition) is 0. The van der Waals surface area contributed by atoms with Gasteiger partial charge in [-0.05, 0) is 25.3 Å². The van der Waals surface area contributed by atoms with Crippen molar-refractivity contribution < 1.29 is 19.3 Å². The molecule has 1 aromatic rings. The molecule has 0 aliphatic rings. The fraction of sp³-hybridized carbons (Fsp3) is 0.500. The number of amides is 1. The molecule has 0 radical (unpaired) electrons. The molecule has 0 N–H and O–H groups in total. The lowest BCUT2D eigenvalue weighted by atomic mass is 9.84. The van der Waals surface area contributed by atoms with Crippen molar-refractivity contribution >= 4 is 11.7 Å². The van der Waals surface area contributed by atoms with Gasteiger partial charge in [0.1, 0.15) is 11.7 Å². The highest BCUT2D eigenvalue weighted by atomic mass is 16.7. The highest BCUT2D eigenvalue weighted by Crippen LogP contribution is 2.22. The Hall–Kier alpha value is -2.28. The Morgan fingerprint density at radius 2 is 1.91 bits per heavy atom. The number of hydroxylamine groups is 2. The number of nitrogens with zero attached hydrogens (tertiary/aromatic N) is 2. The molecule has 1 aromatic carbocycles. The molecule has 23 heavy (non-hydrogen) atoms. The van der Waals surface area contributed by atoms with Crippen LogP contribution in [0, 0.1) is 22.0 Å². The second-order valence-electron chi connectivity index (χ2n) is 5.41. The molecule has 2 atom stereocenters. The van der Waals surface area contributed by atoms with E-state index < -0.39 is 29.2 Å². The van der Waals surface area contributed by atoms with E-state index in [2.05, 4.69) is 0 Å². The smallest absolute Gasteiger partial charge is 0.256 e. The maximum absolute atomic E-state index is 12.3. The zero-order chi connectivity index (χ0) is 17.4. The van der Waals surface area contributed by atoms with Crippen molar-refractivity contribution in [2.75, 3.05) is 20.7 Å². The quantitative estimate of drug-likeness (QED) is 0.392. The Labute approximate surface area is 135 Å². The number of benzene rings is 1. The Kier molecular flexibility index (Phi) is 7.34. The number of ketones is 1. The molecule has 0 spiro atoms. The minimum absolute atomic E-state index is 0.374. The van der Waals surface area contributed by atoms with Crippen LogP contribution in [0.3, 0.4) is 0 Å². The van der Waals surface area contributed by atoms with Crippen molar-refractivity contribution in [1.29, 1.82) is 0 Å². The number of hydrogen-bond acceptors (Lipinski definition) is 5. The predicted octanol–water partition coefficient (Wildman–Crippen LogP) is 1.74. The fourth-order valence-electron chi connectivity index (χ4n) is 2.54. The van der Waals surface area contributed by atoms with Gasteiger partial charge in [0.15, 0.2) is 0 Å². The normalized spacial score (nSPS) is 13.2. The molecule has 1 rings (SSSR count). The number of carbonyl (C=O) groups excluding carboxylic acids is 2. The van der Waals surface area contributed by atoms with Crippen LogP contribution in [0.5, 0.6) is 0 Å². The zero-order valence-electron chi connectivity index (χ0n) is 13.6. The van der Waals surface area contributed by atoms with E-state index >= 15 is 0 Å². The van der Waals surface area contributed by atoms with E-state index in [4.69, 9.17) is 4.84 Å². The van der Waals surface area contributed by atoms with Gasteiger partial charge in [-0.2, -0.15) is 0 Å². The molecule has 0 heterocycles. The molecule has 7 nitrogen and oxygen atoms in total. The van der Waals surface area contributed by atoms with Gasteiger partial charge in [-0.25, -0.2) is 5.06 Å². The molecule has 0 unspecified atom stereocenters. The van der Waals surface area contributed by atoms with Crippen LogP contribution < -0.4 is 0 Å². The van der Waals surface area contributed by atoms with Crippen molar-refractivity contribution in [3.8, 4) is 0 Å². The third kappa shape index (κ3) is 5.78. The lowest BCUT2D eigenvalue weighted by Gasteiger charge is -2.25. The van der Waals surface area contributed by atoms with Crippen LogP contribution in [0.25, 0.3) is 0 Å². The number of aryl methyl sites for hydroxylation is 1. The van der Waals surface area contributed by atoms with Crippen molar-refractivity contribution in [2.24, 2.45) is 11.8 Å². The Balaban J connectivity index is 2.93. The first-order valence-corrected chi connectivity index (χ1v) is 7.34. The first kappa shape index (κ1) is 18.8. The second-order valence-corrected chi connectivity index (χ2v) is 5.41. The third-order valence-electron chi connectivity index (χ3n) is 3.79. The summed E-state index contributed by atoms with van der Waals surface area (Å²) in [7, 11) is 2.69. The summed E-state index contributed by atoms with van der Waals surface area (Å²) in [6, 6.07) is 9.46. The standard InChI is InChI=1S/C16H22N2O5/c1-12(19)15(16(20)17(2)23-3)14(11-18(21)22)10-9-13-7-5-4-6-8-13/h4-8,14-15H,9-11H2,1-3H3/t14-,15-/m1/s1. The summed E-state index contributed by atoms with van der Waals surface area (Å²) in [5.74, 6) is -2.69. The average Bonchev–Trinajstić information content (AvgIpc) is 2.51. The minimum Gasteiger partial charge on any atom is -0.299 e. The monoisotopic (exact) mass is 322 g/mol. The van der Waals surface area contributed by atoms with E-state index in [1.165, 1.54) is 21.1 Å². The fourth-order valence-corrected chi connectivity index (χ4v) is 2.54. The molecule has 0 bridgehead atoms. The molecular weight excluding hydrogens is 300 g/mol. The van der Waals surface area contributed by atoms with Crippen LogP contribution in [0.15, 0.2) is 30.3 Å². The highest BCUT2D eigenvalue weighted by Gasteiger charge is 2.37. The van der Waals surface area contributed by atoms with Gasteiger partial charge in [0.25, 0.3) is 5.91 Å². The van der Waals surface area contributed by atoms with Gasteiger partial charge in [0.2, 0.25) is 6.54 Å². The molecule has 0 aromatic heterocycles. The number of rotatable bonds is 9. The van der Waals surface area contributed by atoms with Gasteiger partial charge in [0, 0.05) is 17.9 Å². The zero-order valence-corrected chi connectivity index (χ0v) is 13.6. The second kappa shape index (κ2) is 8.99. The lowest BCUT2D eigenvalue weighted by molar-refractivity contribution is -0.489. The van der Waals surface area contributed by atoms with E-state index in [0.29, 0.717) is 12.8 Å². The van der Waals surface area contributed by atoms with E-state index in [1.807, 2.05) is 30.3 Å². The molecule has 0 aliphatic heterocycles. The third-order valence-corrected chi connectivity index (χ3v) is 3.79. The Bertz CT molecular complexity index is 547. The highest BCUT2D eigenvalue weighted by molar-refractivity contribution is 6.00. The maximum Gasteiger partial charge on any atom is 0.256 e. The summed E-state index contributed by atoms with van der Waals surface area (Å²) in [4.78, 5) is 39.5. The number of Topliss-reactive ketones (excluding diaryl/α,β-unsaturated/α-hetero) is 1. The van der Waals surface area contributed by atoms with Gasteiger partial charge in [-0.3, -0.25) is 24.5 Å².